The first-order valence-corrected chi connectivity index (χ1v) is 4.94. The summed E-state index contributed by atoms with van der Waals surface area (Å²) >= 11 is 1.38. The number of nitrogens with zero attached hydrogens (tertiary/aromatic N) is 3. The maximum absolute atomic E-state index is 10.5. The van der Waals surface area contributed by atoms with Crippen LogP contribution in [0.3, 0.4) is 0 Å². The minimum atomic E-state index is 0.639. The highest BCUT2D eigenvalue weighted by atomic mass is 32.1. The van der Waals surface area contributed by atoms with Crippen molar-refractivity contribution in [2.75, 3.05) is 0 Å². The average molecular weight is 207 g/mol. The van der Waals surface area contributed by atoms with Crippen molar-refractivity contribution in [1.29, 1.82) is 0 Å². The Morgan fingerprint density at radius 3 is 2.79 bits per heavy atom. The standard InChI is InChI=1S/C9H9N3OS/c1-6-3-11-12(2)8(6)9-10-4-7(5-13)14-9/h3-5H,1-2H3. The summed E-state index contributed by atoms with van der Waals surface area (Å²) < 4.78 is 1.77. The molecule has 4 nitrogen and oxygen atoms in total. The fourth-order valence-corrected chi connectivity index (χ4v) is 2.18. The maximum Gasteiger partial charge on any atom is 0.161 e. The van der Waals surface area contributed by atoms with Gasteiger partial charge in [-0.25, -0.2) is 4.98 Å². The first-order chi connectivity index (χ1) is 6.72. The summed E-state index contributed by atoms with van der Waals surface area (Å²) in [6.07, 6.45) is 4.18. The predicted octanol–water partition coefficient (Wildman–Crippen LogP) is 1.66. The number of thiazole rings is 1. The Hall–Kier alpha value is -1.49. The molecule has 0 saturated carbocycles. The van der Waals surface area contributed by atoms with Crippen molar-refractivity contribution in [3.05, 3.63) is 22.8 Å². The molecule has 5 heteroatoms. The van der Waals surface area contributed by atoms with Gasteiger partial charge in [0.1, 0.15) is 5.01 Å². The van der Waals surface area contributed by atoms with Crippen LogP contribution in [-0.4, -0.2) is 21.1 Å². The van der Waals surface area contributed by atoms with Crippen LogP contribution in [0.2, 0.25) is 0 Å². The fraction of sp³-hybridized carbons (Fsp3) is 0.222. The van der Waals surface area contributed by atoms with Gasteiger partial charge in [-0.1, -0.05) is 0 Å². The van der Waals surface area contributed by atoms with Gasteiger partial charge in [0.05, 0.1) is 16.8 Å². The Morgan fingerprint density at radius 2 is 2.29 bits per heavy atom. The molecule has 0 radical (unpaired) electrons. The summed E-state index contributed by atoms with van der Waals surface area (Å²) in [6, 6.07) is 0. The molecule has 2 heterocycles. The van der Waals surface area contributed by atoms with Crippen LogP contribution in [0.1, 0.15) is 15.2 Å². The molecule has 0 spiro atoms. The van der Waals surface area contributed by atoms with Crippen molar-refractivity contribution in [3.63, 3.8) is 0 Å². The lowest BCUT2D eigenvalue weighted by atomic mass is 10.3. The lowest BCUT2D eigenvalue weighted by Gasteiger charge is -1.97. The zero-order chi connectivity index (χ0) is 10.1. The molecule has 0 unspecified atom stereocenters. The van der Waals surface area contributed by atoms with Crippen molar-refractivity contribution < 1.29 is 4.79 Å². The topological polar surface area (TPSA) is 47.8 Å². The molecule has 0 bridgehead atoms. The highest BCUT2D eigenvalue weighted by Gasteiger charge is 2.11. The van der Waals surface area contributed by atoms with Gasteiger partial charge < -0.3 is 0 Å². The third-order valence-electron chi connectivity index (χ3n) is 1.96. The van der Waals surface area contributed by atoms with Crippen LogP contribution < -0.4 is 0 Å². The molecule has 14 heavy (non-hydrogen) atoms. The average Bonchev–Trinajstić information content (AvgIpc) is 2.73. The monoisotopic (exact) mass is 207 g/mol. The number of carbonyl (C=O) groups is 1. The molecule has 2 rings (SSSR count). The summed E-state index contributed by atoms with van der Waals surface area (Å²) in [5, 5.41) is 4.96. The second-order valence-electron chi connectivity index (χ2n) is 2.99. The van der Waals surface area contributed by atoms with Crippen molar-refractivity contribution >= 4 is 17.6 Å². The van der Waals surface area contributed by atoms with Crippen LogP contribution in [0.5, 0.6) is 0 Å². The van der Waals surface area contributed by atoms with E-state index in [0.29, 0.717) is 4.88 Å². The maximum atomic E-state index is 10.5. The van der Waals surface area contributed by atoms with Crippen LogP contribution in [0, 0.1) is 6.92 Å². The third-order valence-corrected chi connectivity index (χ3v) is 2.89. The van der Waals surface area contributed by atoms with Crippen molar-refractivity contribution in [3.8, 4) is 10.7 Å². The second kappa shape index (κ2) is 3.34. The van der Waals surface area contributed by atoms with E-state index in [4.69, 9.17) is 0 Å². The Kier molecular flexibility index (Phi) is 2.17. The molecule has 0 saturated heterocycles. The molecule has 0 amide bonds. The van der Waals surface area contributed by atoms with Gasteiger partial charge in [0.15, 0.2) is 6.29 Å². The number of rotatable bonds is 2. The van der Waals surface area contributed by atoms with Crippen LogP contribution in [0.25, 0.3) is 10.7 Å². The summed E-state index contributed by atoms with van der Waals surface area (Å²) in [4.78, 5) is 15.3. The van der Waals surface area contributed by atoms with E-state index in [0.717, 1.165) is 22.6 Å². The normalized spacial score (nSPS) is 10.4. The summed E-state index contributed by atoms with van der Waals surface area (Å²) in [5.74, 6) is 0. The van der Waals surface area contributed by atoms with Crippen LogP contribution >= 0.6 is 11.3 Å². The SMILES string of the molecule is Cc1cnn(C)c1-c1ncc(C=O)s1. The van der Waals surface area contributed by atoms with Gasteiger partial charge in [0, 0.05) is 13.2 Å². The summed E-state index contributed by atoms with van der Waals surface area (Å²) in [6.45, 7) is 1.98. The predicted molar refractivity (Wildman–Crippen MR) is 54.4 cm³/mol. The third kappa shape index (κ3) is 1.35. The van der Waals surface area contributed by atoms with Crippen molar-refractivity contribution in [2.24, 2.45) is 7.05 Å². The number of aldehydes is 1. The first kappa shape index (κ1) is 9.08. The van der Waals surface area contributed by atoms with Crippen LogP contribution in [-0.2, 0) is 7.05 Å². The number of hydrogen-bond acceptors (Lipinski definition) is 4. The Labute approximate surface area is 85.2 Å². The lowest BCUT2D eigenvalue weighted by molar-refractivity contribution is 0.112. The van der Waals surface area contributed by atoms with Crippen molar-refractivity contribution in [1.82, 2.24) is 14.8 Å². The van der Waals surface area contributed by atoms with Crippen LogP contribution in [0.4, 0.5) is 0 Å². The Balaban J connectivity index is 2.53. The van der Waals surface area contributed by atoms with E-state index >= 15 is 0 Å². The summed E-state index contributed by atoms with van der Waals surface area (Å²) in [7, 11) is 1.87. The van der Waals surface area contributed by atoms with E-state index < -0.39 is 0 Å². The number of carbonyl (C=O) groups excluding carboxylic acids is 1. The Bertz CT molecular complexity index is 453. The lowest BCUT2D eigenvalue weighted by Crippen LogP contribution is -1.93. The van der Waals surface area contributed by atoms with E-state index in [2.05, 4.69) is 10.1 Å². The van der Waals surface area contributed by atoms with Crippen molar-refractivity contribution in [2.45, 2.75) is 6.92 Å². The quantitative estimate of drug-likeness (QED) is 0.704. The molecule has 0 aliphatic heterocycles. The molecule has 0 fully saturated rings. The molecule has 72 valence electrons. The largest absolute Gasteiger partial charge is 0.297 e. The molecule has 0 aliphatic carbocycles. The smallest absolute Gasteiger partial charge is 0.161 e. The first-order valence-electron chi connectivity index (χ1n) is 4.12. The molecule has 2 aromatic heterocycles. The minimum Gasteiger partial charge on any atom is -0.297 e. The molecule has 0 aliphatic rings. The number of aryl methyl sites for hydroxylation is 2. The molecule has 0 aromatic carbocycles. The van der Waals surface area contributed by atoms with Gasteiger partial charge in [-0.3, -0.25) is 9.48 Å². The fourth-order valence-electron chi connectivity index (χ4n) is 1.30. The second-order valence-corrected chi connectivity index (χ2v) is 4.05. The molecular weight excluding hydrogens is 198 g/mol. The van der Waals surface area contributed by atoms with E-state index in [1.54, 1.807) is 17.1 Å². The van der Waals surface area contributed by atoms with Gasteiger partial charge in [0.2, 0.25) is 0 Å². The number of hydrogen-bond donors (Lipinski definition) is 0. The van der Waals surface area contributed by atoms with E-state index in [9.17, 15) is 4.79 Å². The van der Waals surface area contributed by atoms with E-state index in [1.165, 1.54) is 11.3 Å². The van der Waals surface area contributed by atoms with Gasteiger partial charge in [-0.15, -0.1) is 11.3 Å². The zero-order valence-corrected chi connectivity index (χ0v) is 8.71. The highest BCUT2D eigenvalue weighted by Crippen LogP contribution is 2.26. The molecule has 2 aromatic rings. The molecule has 0 N–H and O–H groups in total. The van der Waals surface area contributed by atoms with Gasteiger partial charge in [0.25, 0.3) is 0 Å². The van der Waals surface area contributed by atoms with Gasteiger partial charge >= 0.3 is 0 Å². The molecular formula is C9H9N3OS. The van der Waals surface area contributed by atoms with Crippen LogP contribution in [0.15, 0.2) is 12.4 Å². The minimum absolute atomic E-state index is 0.639. The zero-order valence-electron chi connectivity index (χ0n) is 7.89. The highest BCUT2D eigenvalue weighted by molar-refractivity contribution is 7.16. The van der Waals surface area contributed by atoms with E-state index in [1.807, 2.05) is 14.0 Å². The van der Waals surface area contributed by atoms with Gasteiger partial charge in [-0.05, 0) is 12.5 Å². The number of aromatic nitrogens is 3. The summed E-state index contributed by atoms with van der Waals surface area (Å²) in [5.41, 5.74) is 2.04. The Morgan fingerprint density at radius 1 is 1.50 bits per heavy atom. The van der Waals surface area contributed by atoms with Gasteiger partial charge in [-0.2, -0.15) is 5.10 Å². The van der Waals surface area contributed by atoms with E-state index in [-0.39, 0.29) is 0 Å². The molecule has 0 atom stereocenters.